The predicted octanol–water partition coefficient (Wildman–Crippen LogP) is 5.47. The van der Waals surface area contributed by atoms with E-state index in [9.17, 15) is 4.79 Å². The van der Waals surface area contributed by atoms with Crippen LogP contribution in [0.4, 0.5) is 0 Å². The van der Waals surface area contributed by atoms with Crippen LogP contribution in [0.3, 0.4) is 0 Å². The van der Waals surface area contributed by atoms with Crippen molar-refractivity contribution in [3.63, 3.8) is 0 Å². The number of aromatic carboxylic acids is 1. The molecule has 144 valence electrons. The third-order valence-corrected chi connectivity index (χ3v) is 4.76. The van der Waals surface area contributed by atoms with Crippen LogP contribution >= 0.6 is 11.6 Å². The van der Waals surface area contributed by atoms with Gasteiger partial charge in [0.1, 0.15) is 5.75 Å². The lowest BCUT2D eigenvalue weighted by Crippen LogP contribution is -2.13. The highest BCUT2D eigenvalue weighted by Gasteiger charge is 2.20. The molecule has 0 saturated heterocycles. The third-order valence-electron chi connectivity index (χ3n) is 4.45. The summed E-state index contributed by atoms with van der Waals surface area (Å²) < 4.78 is 5.71. The minimum atomic E-state index is -1.03. The van der Waals surface area contributed by atoms with Gasteiger partial charge in [0.05, 0.1) is 12.7 Å². The fraction of sp³-hybridized carbons (Fsp3) is 0.227. The first-order valence-corrected chi connectivity index (χ1v) is 9.12. The SMILES string of the molecule is COc1c(-c2ccnc(C(C)(C)C)c2)cncc1-c1ccc(C(=O)O)cc1Cl. The molecule has 0 amide bonds. The molecule has 0 aliphatic rings. The van der Waals surface area contributed by atoms with E-state index in [2.05, 4.69) is 30.7 Å². The van der Waals surface area contributed by atoms with Crippen molar-refractivity contribution in [2.24, 2.45) is 0 Å². The van der Waals surface area contributed by atoms with Gasteiger partial charge in [0.15, 0.2) is 0 Å². The molecule has 28 heavy (non-hydrogen) atoms. The zero-order chi connectivity index (χ0) is 20.5. The second kappa shape index (κ2) is 7.60. The minimum Gasteiger partial charge on any atom is -0.495 e. The molecule has 0 unspecified atom stereocenters. The van der Waals surface area contributed by atoms with E-state index in [4.69, 9.17) is 21.4 Å². The van der Waals surface area contributed by atoms with Crippen molar-refractivity contribution in [2.75, 3.05) is 7.11 Å². The highest BCUT2D eigenvalue weighted by Crippen LogP contribution is 2.41. The average molecular weight is 397 g/mol. The summed E-state index contributed by atoms with van der Waals surface area (Å²) in [7, 11) is 1.59. The summed E-state index contributed by atoms with van der Waals surface area (Å²) in [5.74, 6) is -0.412. The van der Waals surface area contributed by atoms with Gasteiger partial charge in [-0.15, -0.1) is 0 Å². The number of rotatable bonds is 4. The van der Waals surface area contributed by atoms with Crippen molar-refractivity contribution in [1.82, 2.24) is 9.97 Å². The molecule has 2 heterocycles. The van der Waals surface area contributed by atoms with Crippen LogP contribution in [-0.2, 0) is 5.41 Å². The molecule has 6 heteroatoms. The lowest BCUT2D eigenvalue weighted by atomic mass is 9.89. The van der Waals surface area contributed by atoms with Crippen LogP contribution in [0.5, 0.6) is 5.75 Å². The standard InChI is InChI=1S/C22H21ClN2O3/c1-22(2,3)19-10-13(7-8-25-19)16-11-24-12-17(20(16)28-4)15-6-5-14(21(26)27)9-18(15)23/h5-12H,1-4H3,(H,26,27). The quantitative estimate of drug-likeness (QED) is 0.633. The first-order valence-electron chi connectivity index (χ1n) is 8.74. The van der Waals surface area contributed by atoms with Gasteiger partial charge in [0, 0.05) is 51.4 Å². The third kappa shape index (κ3) is 3.85. The van der Waals surface area contributed by atoms with Crippen LogP contribution in [0.25, 0.3) is 22.3 Å². The molecule has 0 saturated carbocycles. The summed E-state index contributed by atoms with van der Waals surface area (Å²) in [4.78, 5) is 20.0. The lowest BCUT2D eigenvalue weighted by molar-refractivity contribution is 0.0697. The molecule has 3 rings (SSSR count). The van der Waals surface area contributed by atoms with Gasteiger partial charge in [-0.2, -0.15) is 0 Å². The molecular weight excluding hydrogens is 376 g/mol. The fourth-order valence-corrected chi connectivity index (χ4v) is 3.22. The summed E-state index contributed by atoms with van der Waals surface area (Å²) in [6, 6.07) is 8.55. The summed E-state index contributed by atoms with van der Waals surface area (Å²) in [5, 5.41) is 9.48. The summed E-state index contributed by atoms with van der Waals surface area (Å²) in [6.07, 6.45) is 5.18. The van der Waals surface area contributed by atoms with Crippen molar-refractivity contribution < 1.29 is 14.6 Å². The number of carboxylic acids is 1. The van der Waals surface area contributed by atoms with Crippen molar-refractivity contribution in [2.45, 2.75) is 26.2 Å². The van der Waals surface area contributed by atoms with Crippen LogP contribution < -0.4 is 4.74 Å². The Morgan fingerprint density at radius 1 is 1.07 bits per heavy atom. The zero-order valence-corrected chi connectivity index (χ0v) is 16.9. The summed E-state index contributed by atoms with van der Waals surface area (Å²) in [6.45, 7) is 6.32. The maximum absolute atomic E-state index is 11.2. The smallest absolute Gasteiger partial charge is 0.335 e. The predicted molar refractivity (Wildman–Crippen MR) is 110 cm³/mol. The van der Waals surface area contributed by atoms with Crippen LogP contribution in [-0.4, -0.2) is 28.2 Å². The van der Waals surface area contributed by atoms with Crippen LogP contribution in [0.1, 0.15) is 36.8 Å². The lowest BCUT2D eigenvalue weighted by Gasteiger charge is -2.19. The zero-order valence-electron chi connectivity index (χ0n) is 16.2. The van der Waals surface area contributed by atoms with Gasteiger partial charge in [0.2, 0.25) is 0 Å². The van der Waals surface area contributed by atoms with E-state index in [1.807, 2.05) is 12.1 Å². The number of carbonyl (C=O) groups is 1. The topological polar surface area (TPSA) is 72.3 Å². The van der Waals surface area contributed by atoms with E-state index in [1.54, 1.807) is 31.8 Å². The van der Waals surface area contributed by atoms with Crippen molar-refractivity contribution in [1.29, 1.82) is 0 Å². The highest BCUT2D eigenvalue weighted by molar-refractivity contribution is 6.33. The van der Waals surface area contributed by atoms with E-state index >= 15 is 0 Å². The van der Waals surface area contributed by atoms with Crippen LogP contribution in [0.15, 0.2) is 48.9 Å². The first-order chi connectivity index (χ1) is 13.2. The van der Waals surface area contributed by atoms with Crippen LogP contribution in [0.2, 0.25) is 5.02 Å². The normalized spacial score (nSPS) is 11.3. The molecule has 0 spiro atoms. The Hall–Kier alpha value is -2.92. The van der Waals surface area contributed by atoms with E-state index in [0.717, 1.165) is 16.8 Å². The molecule has 5 nitrogen and oxygen atoms in total. The number of hydrogen-bond donors (Lipinski definition) is 1. The van der Waals surface area contributed by atoms with Crippen LogP contribution in [0, 0.1) is 0 Å². The summed E-state index contributed by atoms with van der Waals surface area (Å²) >= 11 is 6.36. The molecule has 0 aliphatic heterocycles. The monoisotopic (exact) mass is 396 g/mol. The number of halogens is 1. The molecule has 1 aromatic carbocycles. The van der Waals surface area contributed by atoms with Crippen molar-refractivity contribution in [3.8, 4) is 28.0 Å². The molecule has 1 N–H and O–H groups in total. The molecule has 0 atom stereocenters. The highest BCUT2D eigenvalue weighted by atomic mass is 35.5. The Morgan fingerprint density at radius 3 is 2.39 bits per heavy atom. The number of aromatic nitrogens is 2. The van der Waals surface area contributed by atoms with E-state index in [-0.39, 0.29) is 11.0 Å². The van der Waals surface area contributed by atoms with Gasteiger partial charge >= 0.3 is 5.97 Å². The minimum absolute atomic E-state index is 0.0930. The number of pyridine rings is 2. The van der Waals surface area contributed by atoms with Gasteiger partial charge < -0.3 is 9.84 Å². The number of methoxy groups -OCH3 is 1. The second-order valence-corrected chi connectivity index (χ2v) is 7.85. The van der Waals surface area contributed by atoms with Gasteiger partial charge in [-0.1, -0.05) is 38.4 Å². The Balaban J connectivity index is 2.17. The number of ether oxygens (including phenoxy) is 1. The molecule has 0 radical (unpaired) electrons. The fourth-order valence-electron chi connectivity index (χ4n) is 2.94. The van der Waals surface area contributed by atoms with Gasteiger partial charge in [-0.3, -0.25) is 9.97 Å². The molecule has 0 fully saturated rings. The van der Waals surface area contributed by atoms with Crippen molar-refractivity contribution >= 4 is 17.6 Å². The Morgan fingerprint density at radius 2 is 1.79 bits per heavy atom. The van der Waals surface area contributed by atoms with E-state index in [0.29, 0.717) is 21.9 Å². The van der Waals surface area contributed by atoms with Gasteiger partial charge in [-0.05, 0) is 29.8 Å². The maximum Gasteiger partial charge on any atom is 0.335 e. The number of nitrogens with zero attached hydrogens (tertiary/aromatic N) is 2. The number of carboxylic acid groups (broad SMARTS) is 1. The van der Waals surface area contributed by atoms with Gasteiger partial charge in [-0.25, -0.2) is 4.79 Å². The molecule has 3 aromatic rings. The number of benzene rings is 1. The molecule has 0 aliphatic carbocycles. The Bertz CT molecular complexity index is 1040. The second-order valence-electron chi connectivity index (χ2n) is 7.45. The summed E-state index contributed by atoms with van der Waals surface area (Å²) in [5.41, 5.74) is 4.08. The van der Waals surface area contributed by atoms with Gasteiger partial charge in [0.25, 0.3) is 0 Å². The Kier molecular flexibility index (Phi) is 5.38. The number of hydrogen-bond acceptors (Lipinski definition) is 4. The maximum atomic E-state index is 11.2. The molecular formula is C22H21ClN2O3. The molecule has 0 bridgehead atoms. The largest absolute Gasteiger partial charge is 0.495 e. The average Bonchev–Trinajstić information content (AvgIpc) is 2.66. The molecule has 2 aromatic heterocycles. The first kappa shape index (κ1) is 19.8. The van der Waals surface area contributed by atoms with E-state index in [1.165, 1.54) is 12.1 Å². The van der Waals surface area contributed by atoms with E-state index < -0.39 is 5.97 Å². The Labute approximate surface area is 169 Å². The van der Waals surface area contributed by atoms with Crippen molar-refractivity contribution in [3.05, 3.63) is 65.2 Å².